The largest absolute Gasteiger partial charge is 0.397 e. The fraction of sp³-hybridized carbons (Fsp3) is 0.400. The molecule has 6 heteroatoms. The van der Waals surface area contributed by atoms with Crippen molar-refractivity contribution in [2.24, 2.45) is 0 Å². The first-order valence-corrected chi connectivity index (χ1v) is 8.20. The summed E-state index contributed by atoms with van der Waals surface area (Å²) in [6.07, 6.45) is 2.87. The first kappa shape index (κ1) is 14.6. The van der Waals surface area contributed by atoms with Gasteiger partial charge in [-0.1, -0.05) is 11.6 Å². The van der Waals surface area contributed by atoms with Crippen molar-refractivity contribution in [3.63, 3.8) is 0 Å². The highest BCUT2D eigenvalue weighted by molar-refractivity contribution is 7.21. The van der Waals surface area contributed by atoms with Crippen molar-refractivity contribution in [1.82, 2.24) is 4.90 Å². The summed E-state index contributed by atoms with van der Waals surface area (Å²) in [7, 11) is 0. The smallest absolute Gasteiger partial charge is 0.266 e. The van der Waals surface area contributed by atoms with Gasteiger partial charge in [0.15, 0.2) is 0 Å². The van der Waals surface area contributed by atoms with Gasteiger partial charge in [0.1, 0.15) is 4.88 Å². The second-order valence-electron chi connectivity index (χ2n) is 5.32. The molecule has 3 rings (SSSR count). The Kier molecular flexibility index (Phi) is 4.06. The average Bonchev–Trinajstić information content (AvgIpc) is 2.83. The van der Waals surface area contributed by atoms with Gasteiger partial charge in [0.05, 0.1) is 18.3 Å². The van der Waals surface area contributed by atoms with Crippen LogP contribution in [0.1, 0.15) is 28.9 Å². The Morgan fingerprint density at radius 1 is 1.48 bits per heavy atom. The van der Waals surface area contributed by atoms with Crippen LogP contribution < -0.4 is 5.73 Å². The highest BCUT2D eigenvalue weighted by Crippen LogP contribution is 2.36. The molecule has 1 aliphatic rings. The lowest BCUT2D eigenvalue weighted by Crippen LogP contribution is -2.45. The Labute approximate surface area is 132 Å². The Bertz CT molecular complexity index is 686. The number of piperidine rings is 1. The van der Waals surface area contributed by atoms with Crippen LogP contribution >= 0.6 is 22.9 Å². The zero-order valence-electron chi connectivity index (χ0n) is 11.5. The minimum Gasteiger partial charge on any atom is -0.397 e. The lowest BCUT2D eigenvalue weighted by molar-refractivity contribution is 0.0509. The molecule has 2 heterocycles. The van der Waals surface area contributed by atoms with Gasteiger partial charge < -0.3 is 15.7 Å². The average molecular weight is 325 g/mol. The number of hydrogen-bond acceptors (Lipinski definition) is 4. The number of rotatable bonds is 2. The van der Waals surface area contributed by atoms with Crippen molar-refractivity contribution in [1.29, 1.82) is 0 Å². The Balaban J connectivity index is 1.99. The monoisotopic (exact) mass is 324 g/mol. The van der Waals surface area contributed by atoms with E-state index in [4.69, 9.17) is 17.3 Å². The molecule has 3 N–H and O–H groups in total. The van der Waals surface area contributed by atoms with Crippen LogP contribution in [0.4, 0.5) is 5.69 Å². The van der Waals surface area contributed by atoms with Crippen LogP contribution in [0.3, 0.4) is 0 Å². The number of nitrogen functional groups attached to an aromatic ring is 1. The maximum atomic E-state index is 12.8. The highest BCUT2D eigenvalue weighted by atomic mass is 35.5. The molecule has 1 aliphatic heterocycles. The fourth-order valence-corrected chi connectivity index (χ4v) is 4.07. The summed E-state index contributed by atoms with van der Waals surface area (Å²) < 4.78 is 0.956. The van der Waals surface area contributed by atoms with E-state index in [2.05, 4.69) is 0 Å². The molecule has 1 unspecified atom stereocenters. The van der Waals surface area contributed by atoms with E-state index in [1.165, 1.54) is 11.3 Å². The number of benzene rings is 1. The number of fused-ring (bicyclic) bond motifs is 1. The van der Waals surface area contributed by atoms with Gasteiger partial charge in [-0.15, -0.1) is 11.3 Å². The van der Waals surface area contributed by atoms with Crippen molar-refractivity contribution in [3.05, 3.63) is 28.1 Å². The first-order valence-electron chi connectivity index (χ1n) is 7.01. The first-order chi connectivity index (χ1) is 10.1. The van der Waals surface area contributed by atoms with Gasteiger partial charge in [-0.2, -0.15) is 0 Å². The molecule has 0 saturated carbocycles. The van der Waals surface area contributed by atoms with Gasteiger partial charge in [-0.3, -0.25) is 4.79 Å². The van der Waals surface area contributed by atoms with E-state index >= 15 is 0 Å². The molecule has 1 aromatic carbocycles. The summed E-state index contributed by atoms with van der Waals surface area (Å²) >= 11 is 7.38. The number of thiophene rings is 1. The second-order valence-corrected chi connectivity index (χ2v) is 6.80. The lowest BCUT2D eigenvalue weighted by atomic mass is 10.0. The third-order valence-corrected chi connectivity index (χ3v) is 5.39. The number of hydrogen-bond donors (Lipinski definition) is 2. The SMILES string of the molecule is Nc1c(C(=O)N2CCCCC2CO)sc2ccc(Cl)cc12. The molecule has 1 aromatic heterocycles. The van der Waals surface area contributed by atoms with E-state index in [1.54, 1.807) is 17.0 Å². The van der Waals surface area contributed by atoms with Crippen molar-refractivity contribution >= 4 is 44.6 Å². The number of nitrogens with zero attached hydrogens (tertiary/aromatic N) is 1. The van der Waals surface area contributed by atoms with Gasteiger partial charge in [0.25, 0.3) is 5.91 Å². The molecular formula is C15H17ClN2O2S. The van der Waals surface area contributed by atoms with Gasteiger partial charge >= 0.3 is 0 Å². The molecule has 0 spiro atoms. The van der Waals surface area contributed by atoms with Crippen LogP contribution in [-0.2, 0) is 0 Å². The summed E-state index contributed by atoms with van der Waals surface area (Å²) in [4.78, 5) is 15.1. The third-order valence-electron chi connectivity index (χ3n) is 3.98. The number of aliphatic hydroxyl groups is 1. The topological polar surface area (TPSA) is 66.6 Å². The lowest BCUT2D eigenvalue weighted by Gasteiger charge is -2.34. The zero-order valence-corrected chi connectivity index (χ0v) is 13.1. The maximum absolute atomic E-state index is 12.8. The van der Waals surface area contributed by atoms with Crippen LogP contribution in [0.2, 0.25) is 5.02 Å². The standard InChI is InChI=1S/C15H17ClN2O2S/c16-9-4-5-12-11(7-9)13(17)14(21-12)15(20)18-6-2-1-3-10(18)8-19/h4-5,7,10,19H,1-3,6,8,17H2. The van der Waals surface area contributed by atoms with Crippen LogP contribution in [-0.4, -0.2) is 35.1 Å². The minimum absolute atomic E-state index is 0.00235. The number of nitrogens with two attached hydrogens (primary N) is 1. The highest BCUT2D eigenvalue weighted by Gasteiger charge is 2.29. The van der Waals surface area contributed by atoms with Crippen LogP contribution in [0, 0.1) is 0 Å². The second kappa shape index (κ2) is 5.83. The Morgan fingerprint density at radius 2 is 2.29 bits per heavy atom. The van der Waals surface area contributed by atoms with Crippen molar-refractivity contribution in [3.8, 4) is 0 Å². The molecule has 1 atom stereocenters. The van der Waals surface area contributed by atoms with Gasteiger partial charge in [0, 0.05) is 21.7 Å². The fourth-order valence-electron chi connectivity index (χ4n) is 2.84. The summed E-state index contributed by atoms with van der Waals surface area (Å²) in [5.41, 5.74) is 6.63. The van der Waals surface area contributed by atoms with Crippen molar-refractivity contribution in [2.45, 2.75) is 25.3 Å². The van der Waals surface area contributed by atoms with Gasteiger partial charge in [0.2, 0.25) is 0 Å². The molecule has 0 radical (unpaired) electrons. The van der Waals surface area contributed by atoms with Gasteiger partial charge in [-0.25, -0.2) is 0 Å². The molecule has 1 amide bonds. The number of likely N-dealkylation sites (tertiary alicyclic amines) is 1. The van der Waals surface area contributed by atoms with E-state index < -0.39 is 0 Å². The van der Waals surface area contributed by atoms with Gasteiger partial charge in [-0.05, 0) is 37.5 Å². The van der Waals surface area contributed by atoms with Crippen LogP contribution in [0.25, 0.3) is 10.1 Å². The summed E-state index contributed by atoms with van der Waals surface area (Å²) in [5.74, 6) is -0.0800. The molecule has 112 valence electrons. The van der Waals surface area contributed by atoms with Crippen LogP contribution in [0.15, 0.2) is 18.2 Å². The number of carbonyl (C=O) groups excluding carboxylic acids is 1. The summed E-state index contributed by atoms with van der Waals surface area (Å²) in [5, 5.41) is 10.9. The molecule has 21 heavy (non-hydrogen) atoms. The number of halogens is 1. The predicted molar refractivity (Wildman–Crippen MR) is 87.0 cm³/mol. The number of anilines is 1. The van der Waals surface area contributed by atoms with Crippen molar-refractivity contribution in [2.75, 3.05) is 18.9 Å². The maximum Gasteiger partial charge on any atom is 0.266 e. The van der Waals surface area contributed by atoms with Crippen LogP contribution in [0.5, 0.6) is 0 Å². The zero-order chi connectivity index (χ0) is 15.0. The Hall–Kier alpha value is -1.30. The molecule has 2 aromatic rings. The van der Waals surface area contributed by atoms with Crippen molar-refractivity contribution < 1.29 is 9.90 Å². The molecule has 4 nitrogen and oxygen atoms in total. The quantitative estimate of drug-likeness (QED) is 0.892. The Morgan fingerprint density at radius 3 is 3.05 bits per heavy atom. The normalized spacial score (nSPS) is 19.1. The molecular weight excluding hydrogens is 308 g/mol. The van der Waals surface area contributed by atoms with E-state index in [1.807, 2.05) is 6.07 Å². The predicted octanol–water partition coefficient (Wildman–Crippen LogP) is 3.12. The molecule has 1 fully saturated rings. The number of amides is 1. The number of carbonyl (C=O) groups is 1. The van der Waals surface area contributed by atoms with E-state index in [-0.39, 0.29) is 18.6 Å². The minimum atomic E-state index is -0.0977. The van der Waals surface area contributed by atoms with E-state index in [9.17, 15) is 9.90 Å². The summed E-state index contributed by atoms with van der Waals surface area (Å²) in [6.45, 7) is 0.681. The summed E-state index contributed by atoms with van der Waals surface area (Å²) in [6, 6.07) is 5.37. The van der Waals surface area contributed by atoms with E-state index in [0.717, 1.165) is 29.3 Å². The third kappa shape index (κ3) is 2.61. The molecule has 1 saturated heterocycles. The van der Waals surface area contributed by atoms with E-state index in [0.29, 0.717) is 22.1 Å². The molecule has 0 aliphatic carbocycles. The number of aliphatic hydroxyl groups excluding tert-OH is 1. The molecule has 0 bridgehead atoms.